The van der Waals surface area contributed by atoms with E-state index in [1.807, 2.05) is 0 Å². The Hall–Kier alpha value is -0.570. The van der Waals surface area contributed by atoms with Gasteiger partial charge in [0.25, 0.3) is 0 Å². The molecule has 0 aliphatic heterocycles. The van der Waals surface area contributed by atoms with Crippen LogP contribution in [0.15, 0.2) is 48.5 Å². The molecule has 4 radical (unpaired) electrons. The van der Waals surface area contributed by atoms with Gasteiger partial charge in [-0.3, -0.25) is 0 Å². The van der Waals surface area contributed by atoms with E-state index in [9.17, 15) is 0 Å². The summed E-state index contributed by atoms with van der Waals surface area (Å²) in [4.78, 5) is 0. The van der Waals surface area contributed by atoms with Crippen molar-refractivity contribution in [2.45, 2.75) is 0 Å². The summed E-state index contributed by atoms with van der Waals surface area (Å²) in [6.07, 6.45) is 0. The first-order valence-corrected chi connectivity index (χ1v) is 12.2. The molecular formula is C16H20B2P2+2. The molecule has 2 aromatic carbocycles. The predicted octanol–water partition coefficient (Wildman–Crippen LogP) is 3.33. The minimum absolute atomic E-state index is 1.24. The molecule has 0 spiro atoms. The van der Waals surface area contributed by atoms with Crippen LogP contribution in [0.2, 0.25) is 0 Å². The van der Waals surface area contributed by atoms with Crippen molar-refractivity contribution >= 4 is 40.0 Å². The summed E-state index contributed by atoms with van der Waals surface area (Å²) in [5.74, 6) is 0. The van der Waals surface area contributed by atoms with Crippen LogP contribution in [0.25, 0.3) is 11.1 Å². The Balaban J connectivity index is 2.71. The SMILES string of the molecule is [B][P+](C)(C)c1ccccc1-c1ccccc1[P+]([B])(C)C. The molecule has 0 unspecified atom stereocenters. The standard InChI is InChI=1S/C16H20B2P2/c1-19(2,17)15-11-7-5-9-13(15)14-10-6-8-12-16(14)20(3,4)18/h5-12H,1-4H3/q+2. The molecule has 0 atom stereocenters. The molecule has 0 saturated carbocycles. The van der Waals surface area contributed by atoms with E-state index in [4.69, 9.17) is 15.1 Å². The topological polar surface area (TPSA) is 0 Å². The Bertz CT molecular complexity index is 555. The average molecular weight is 296 g/mol. The highest BCUT2D eigenvalue weighted by Gasteiger charge is 2.30. The third-order valence-electron chi connectivity index (χ3n) is 3.34. The van der Waals surface area contributed by atoms with Gasteiger partial charge < -0.3 is 0 Å². The van der Waals surface area contributed by atoms with Crippen LogP contribution < -0.4 is 10.6 Å². The Morgan fingerprint density at radius 1 is 0.600 bits per heavy atom. The van der Waals surface area contributed by atoms with Crippen molar-refractivity contribution in [1.82, 2.24) is 0 Å². The zero-order chi connectivity index (χ0) is 15.0. The van der Waals surface area contributed by atoms with Crippen LogP contribution in [0.3, 0.4) is 0 Å². The number of benzene rings is 2. The first-order chi connectivity index (χ1) is 9.21. The fourth-order valence-corrected chi connectivity index (χ4v) is 4.98. The van der Waals surface area contributed by atoms with Gasteiger partial charge in [-0.2, -0.15) is 0 Å². The van der Waals surface area contributed by atoms with Gasteiger partial charge in [0.1, 0.15) is 0 Å². The van der Waals surface area contributed by atoms with Crippen LogP contribution in [0.1, 0.15) is 0 Å². The van der Waals surface area contributed by atoms with Crippen LogP contribution in [-0.4, -0.2) is 41.8 Å². The summed E-state index contributed by atoms with van der Waals surface area (Å²) in [7, 11) is 9.74. The van der Waals surface area contributed by atoms with Crippen molar-refractivity contribution in [2.75, 3.05) is 26.7 Å². The van der Waals surface area contributed by atoms with Gasteiger partial charge in [-0.05, 0) is 26.4 Å². The zero-order valence-corrected chi connectivity index (χ0v) is 14.5. The first kappa shape index (κ1) is 15.8. The lowest BCUT2D eigenvalue weighted by molar-refractivity contribution is 1.67. The van der Waals surface area contributed by atoms with E-state index in [2.05, 4.69) is 75.2 Å². The molecule has 0 aliphatic rings. The van der Waals surface area contributed by atoms with Gasteiger partial charge in [0.2, 0.25) is 0 Å². The molecule has 0 nitrogen and oxygen atoms in total. The van der Waals surface area contributed by atoms with Gasteiger partial charge in [-0.25, -0.2) is 0 Å². The fraction of sp³-hybridized carbons (Fsp3) is 0.250. The monoisotopic (exact) mass is 296 g/mol. The van der Waals surface area contributed by atoms with Gasteiger partial charge in [-0.1, -0.05) is 36.4 Å². The second-order valence-electron chi connectivity index (χ2n) is 6.11. The Kier molecular flexibility index (Phi) is 4.48. The van der Waals surface area contributed by atoms with E-state index < -0.39 is 14.3 Å². The zero-order valence-electron chi connectivity index (χ0n) is 12.7. The molecule has 0 saturated heterocycles. The lowest BCUT2D eigenvalue weighted by atomic mass is 10.1. The van der Waals surface area contributed by atoms with Gasteiger partial charge in [0, 0.05) is 37.8 Å². The van der Waals surface area contributed by atoms with Gasteiger partial charge in [0.15, 0.2) is 0 Å². The molecule has 0 fully saturated rings. The van der Waals surface area contributed by atoms with Crippen LogP contribution >= 0.6 is 14.3 Å². The highest BCUT2D eigenvalue weighted by molar-refractivity contribution is 8.02. The van der Waals surface area contributed by atoms with Gasteiger partial charge >= 0.3 is 15.1 Å². The maximum atomic E-state index is 6.44. The van der Waals surface area contributed by atoms with E-state index in [1.54, 1.807) is 0 Å². The van der Waals surface area contributed by atoms with Gasteiger partial charge in [0.05, 0.1) is 10.6 Å². The second-order valence-corrected chi connectivity index (χ2v) is 13.2. The molecule has 2 aromatic rings. The van der Waals surface area contributed by atoms with Crippen molar-refractivity contribution in [3.05, 3.63) is 48.5 Å². The Morgan fingerprint density at radius 3 is 1.20 bits per heavy atom. The van der Waals surface area contributed by atoms with Crippen molar-refractivity contribution in [1.29, 1.82) is 0 Å². The highest BCUT2D eigenvalue weighted by atomic mass is 31.2. The summed E-state index contributed by atoms with van der Waals surface area (Å²) in [6.45, 7) is 8.60. The Morgan fingerprint density at radius 2 is 0.900 bits per heavy atom. The average Bonchev–Trinajstić information content (AvgIpc) is 2.37. The third-order valence-corrected chi connectivity index (χ3v) is 6.60. The van der Waals surface area contributed by atoms with Crippen LogP contribution in [0, 0.1) is 0 Å². The smallest absolute Gasteiger partial charge is 0.0614 e. The lowest BCUT2D eigenvalue weighted by Crippen LogP contribution is -2.18. The molecule has 2 rings (SSSR count). The minimum atomic E-state index is -1.57. The maximum Gasteiger partial charge on any atom is 0.370 e. The van der Waals surface area contributed by atoms with Gasteiger partial charge in [-0.15, -0.1) is 0 Å². The molecule has 0 aromatic heterocycles. The van der Waals surface area contributed by atoms with Crippen LogP contribution in [0.5, 0.6) is 0 Å². The fourth-order valence-electron chi connectivity index (χ4n) is 2.41. The number of rotatable bonds is 3. The summed E-state index contributed by atoms with van der Waals surface area (Å²) in [5.41, 5.74) is 2.48. The highest BCUT2D eigenvalue weighted by Crippen LogP contribution is 2.49. The van der Waals surface area contributed by atoms with E-state index in [0.717, 1.165) is 0 Å². The molecule has 0 N–H and O–H groups in total. The van der Waals surface area contributed by atoms with E-state index in [-0.39, 0.29) is 0 Å². The number of hydrogen-bond acceptors (Lipinski definition) is 0. The third kappa shape index (κ3) is 3.36. The van der Waals surface area contributed by atoms with Crippen LogP contribution in [0.4, 0.5) is 0 Å². The maximum absolute atomic E-state index is 6.44. The minimum Gasteiger partial charge on any atom is -0.0614 e. The molecule has 4 heteroatoms. The molecular weight excluding hydrogens is 276 g/mol. The van der Waals surface area contributed by atoms with Crippen molar-refractivity contribution < 1.29 is 0 Å². The van der Waals surface area contributed by atoms with Crippen molar-refractivity contribution in [3.63, 3.8) is 0 Å². The summed E-state index contributed by atoms with van der Waals surface area (Å²) in [6, 6.07) is 16.9. The summed E-state index contributed by atoms with van der Waals surface area (Å²) < 4.78 is 0. The normalized spacial score (nSPS) is 12.4. The molecule has 0 heterocycles. The molecule has 0 bridgehead atoms. The predicted molar refractivity (Wildman–Crippen MR) is 100 cm³/mol. The van der Waals surface area contributed by atoms with Crippen LogP contribution in [-0.2, 0) is 0 Å². The molecule has 98 valence electrons. The lowest BCUT2D eigenvalue weighted by Gasteiger charge is -2.21. The van der Waals surface area contributed by atoms with E-state index in [1.165, 1.54) is 21.7 Å². The molecule has 0 amide bonds. The largest absolute Gasteiger partial charge is 0.370 e. The van der Waals surface area contributed by atoms with Crippen molar-refractivity contribution in [2.24, 2.45) is 0 Å². The van der Waals surface area contributed by atoms with Crippen molar-refractivity contribution in [3.8, 4) is 11.1 Å². The summed E-state index contributed by atoms with van der Waals surface area (Å²) >= 11 is 0. The number of hydrogen-bond donors (Lipinski definition) is 0. The quantitative estimate of drug-likeness (QED) is 0.602. The van der Waals surface area contributed by atoms with E-state index in [0.29, 0.717) is 0 Å². The van der Waals surface area contributed by atoms with E-state index >= 15 is 0 Å². The first-order valence-electron chi connectivity index (χ1n) is 6.66. The second kappa shape index (κ2) is 5.67. The molecule has 0 aliphatic carbocycles. The molecule has 20 heavy (non-hydrogen) atoms. The summed E-state index contributed by atoms with van der Waals surface area (Å²) in [5, 5.41) is 2.53. The Labute approximate surface area is 126 Å².